The largest absolute Gasteiger partial charge is 0.310 e. The molecule has 1 aromatic heterocycles. The van der Waals surface area contributed by atoms with E-state index in [-0.39, 0.29) is 0 Å². The van der Waals surface area contributed by atoms with Gasteiger partial charge in [-0.2, -0.15) is 5.10 Å². The van der Waals surface area contributed by atoms with Crippen molar-refractivity contribution in [3.63, 3.8) is 0 Å². The second kappa shape index (κ2) is 7.68. The van der Waals surface area contributed by atoms with Gasteiger partial charge in [-0.25, -0.2) is 0 Å². The molecule has 0 amide bonds. The summed E-state index contributed by atoms with van der Waals surface area (Å²) in [7, 11) is 0. The summed E-state index contributed by atoms with van der Waals surface area (Å²) < 4.78 is 2.09. The van der Waals surface area contributed by atoms with Gasteiger partial charge in [-0.1, -0.05) is 39.5 Å². The van der Waals surface area contributed by atoms with Gasteiger partial charge in [0, 0.05) is 24.3 Å². The van der Waals surface area contributed by atoms with Gasteiger partial charge >= 0.3 is 0 Å². The average Bonchev–Trinajstić information content (AvgIpc) is 2.71. The molecule has 1 aromatic rings. The van der Waals surface area contributed by atoms with Crippen LogP contribution in [0.25, 0.3) is 0 Å². The van der Waals surface area contributed by atoms with Gasteiger partial charge in [0.05, 0.1) is 6.20 Å². The minimum absolute atomic E-state index is 0.508. The van der Waals surface area contributed by atoms with Gasteiger partial charge in [0.1, 0.15) is 0 Å². The molecule has 0 radical (unpaired) electrons. The van der Waals surface area contributed by atoms with Crippen molar-refractivity contribution in [1.29, 1.82) is 0 Å². The molecular formula is C16H29N3. The molecule has 0 aromatic carbocycles. The summed E-state index contributed by atoms with van der Waals surface area (Å²) in [5.74, 6) is 0.793. The van der Waals surface area contributed by atoms with E-state index in [2.05, 4.69) is 41.3 Å². The van der Waals surface area contributed by atoms with Gasteiger partial charge in [0.25, 0.3) is 0 Å². The highest BCUT2D eigenvalue weighted by Gasteiger charge is 2.24. The molecule has 3 heteroatoms. The first-order valence-electron chi connectivity index (χ1n) is 8.10. The number of rotatable bonds is 6. The van der Waals surface area contributed by atoms with Crippen LogP contribution in [0.15, 0.2) is 12.4 Å². The Kier molecular flexibility index (Phi) is 5.90. The van der Waals surface area contributed by atoms with Gasteiger partial charge < -0.3 is 5.32 Å². The lowest BCUT2D eigenvalue weighted by atomic mass is 9.88. The lowest BCUT2D eigenvalue weighted by molar-refractivity contribution is 0.330. The van der Waals surface area contributed by atoms with E-state index in [1.807, 2.05) is 0 Å². The lowest BCUT2D eigenvalue weighted by Gasteiger charge is -2.26. The van der Waals surface area contributed by atoms with E-state index in [0.717, 1.165) is 25.4 Å². The van der Waals surface area contributed by atoms with E-state index < -0.39 is 0 Å². The third kappa shape index (κ3) is 4.07. The number of nitrogens with zero attached hydrogens (tertiary/aromatic N) is 2. The molecule has 0 spiro atoms. The van der Waals surface area contributed by atoms with Crippen molar-refractivity contribution in [3.05, 3.63) is 18.0 Å². The maximum Gasteiger partial charge on any atom is 0.0537 e. The highest BCUT2D eigenvalue weighted by atomic mass is 15.3. The van der Waals surface area contributed by atoms with Crippen molar-refractivity contribution in [1.82, 2.24) is 15.1 Å². The normalized spacial score (nSPS) is 19.3. The maximum atomic E-state index is 4.50. The molecule has 19 heavy (non-hydrogen) atoms. The molecule has 1 fully saturated rings. The van der Waals surface area contributed by atoms with Crippen LogP contribution in [0.4, 0.5) is 0 Å². The topological polar surface area (TPSA) is 29.9 Å². The lowest BCUT2D eigenvalue weighted by Crippen LogP contribution is -2.27. The molecule has 0 aliphatic heterocycles. The van der Waals surface area contributed by atoms with Crippen molar-refractivity contribution in [2.24, 2.45) is 5.92 Å². The third-order valence-electron chi connectivity index (χ3n) is 4.26. The molecule has 1 saturated carbocycles. The molecule has 108 valence electrons. The fraction of sp³-hybridized carbons (Fsp3) is 0.812. The molecule has 1 aliphatic rings. The monoisotopic (exact) mass is 263 g/mol. The van der Waals surface area contributed by atoms with E-state index in [0.29, 0.717) is 6.04 Å². The Balaban J connectivity index is 2.08. The quantitative estimate of drug-likeness (QED) is 0.789. The van der Waals surface area contributed by atoms with Crippen LogP contribution in [-0.2, 0) is 6.54 Å². The van der Waals surface area contributed by atoms with Crippen LogP contribution in [0.5, 0.6) is 0 Å². The molecule has 0 bridgehead atoms. The zero-order chi connectivity index (χ0) is 13.5. The zero-order valence-electron chi connectivity index (χ0n) is 12.6. The maximum absolute atomic E-state index is 4.50. The number of aryl methyl sites for hydroxylation is 1. The van der Waals surface area contributed by atoms with Gasteiger partial charge in [-0.05, 0) is 31.7 Å². The van der Waals surface area contributed by atoms with Crippen LogP contribution in [0.1, 0.15) is 70.4 Å². The van der Waals surface area contributed by atoms with Gasteiger partial charge in [-0.3, -0.25) is 4.68 Å². The van der Waals surface area contributed by atoms with E-state index in [1.165, 1.54) is 44.1 Å². The summed E-state index contributed by atoms with van der Waals surface area (Å²) in [5.41, 5.74) is 1.39. The zero-order valence-corrected chi connectivity index (χ0v) is 12.6. The molecule has 0 saturated heterocycles. The van der Waals surface area contributed by atoms with Crippen molar-refractivity contribution < 1.29 is 0 Å². The van der Waals surface area contributed by atoms with Crippen LogP contribution in [0, 0.1) is 5.92 Å². The standard InChI is InChI=1S/C16H29N3/c1-3-11-19-13-15(12-18-19)16(17-4-2)14-9-7-5-6-8-10-14/h12-14,16-17H,3-11H2,1-2H3. The summed E-state index contributed by atoms with van der Waals surface area (Å²) in [6.45, 7) is 6.48. The fourth-order valence-corrected chi connectivity index (χ4v) is 3.31. The second-order valence-corrected chi connectivity index (χ2v) is 5.82. The first kappa shape index (κ1) is 14.6. The van der Waals surface area contributed by atoms with Crippen LogP contribution >= 0.6 is 0 Å². The van der Waals surface area contributed by atoms with E-state index in [4.69, 9.17) is 0 Å². The molecule has 1 atom stereocenters. The Hall–Kier alpha value is -0.830. The SMILES string of the molecule is CCCn1cc(C(NCC)C2CCCCCC2)cn1. The Bertz CT molecular complexity index is 351. The number of nitrogens with one attached hydrogen (secondary N) is 1. The van der Waals surface area contributed by atoms with Crippen LogP contribution in [0.3, 0.4) is 0 Å². The number of hydrogen-bond acceptors (Lipinski definition) is 2. The molecule has 2 rings (SSSR count). The van der Waals surface area contributed by atoms with E-state index in [1.54, 1.807) is 0 Å². The average molecular weight is 263 g/mol. The Morgan fingerprint density at radius 1 is 1.26 bits per heavy atom. The van der Waals surface area contributed by atoms with E-state index in [9.17, 15) is 0 Å². The first-order chi connectivity index (χ1) is 9.35. The molecule has 3 nitrogen and oxygen atoms in total. The van der Waals surface area contributed by atoms with Crippen molar-refractivity contribution in [2.45, 2.75) is 71.4 Å². The Morgan fingerprint density at radius 2 is 2.00 bits per heavy atom. The van der Waals surface area contributed by atoms with Crippen molar-refractivity contribution >= 4 is 0 Å². The van der Waals surface area contributed by atoms with Gasteiger partial charge in [0.2, 0.25) is 0 Å². The molecule has 1 heterocycles. The molecule has 1 unspecified atom stereocenters. The predicted octanol–water partition coefficient (Wildman–Crippen LogP) is 3.91. The molecule has 1 N–H and O–H groups in total. The Morgan fingerprint density at radius 3 is 2.63 bits per heavy atom. The third-order valence-corrected chi connectivity index (χ3v) is 4.26. The summed E-state index contributed by atoms with van der Waals surface area (Å²) in [5, 5.41) is 8.20. The summed E-state index contributed by atoms with van der Waals surface area (Å²) in [4.78, 5) is 0. The van der Waals surface area contributed by atoms with E-state index >= 15 is 0 Å². The summed E-state index contributed by atoms with van der Waals surface area (Å²) in [6, 6.07) is 0.508. The number of aromatic nitrogens is 2. The van der Waals surface area contributed by atoms with Crippen LogP contribution in [-0.4, -0.2) is 16.3 Å². The number of hydrogen-bond donors (Lipinski definition) is 1. The summed E-state index contributed by atoms with van der Waals surface area (Å²) >= 11 is 0. The summed E-state index contributed by atoms with van der Waals surface area (Å²) in [6.07, 6.45) is 13.9. The molecule has 1 aliphatic carbocycles. The van der Waals surface area contributed by atoms with Crippen molar-refractivity contribution in [3.8, 4) is 0 Å². The second-order valence-electron chi connectivity index (χ2n) is 5.82. The minimum Gasteiger partial charge on any atom is -0.310 e. The van der Waals surface area contributed by atoms with Crippen LogP contribution < -0.4 is 5.32 Å². The highest BCUT2D eigenvalue weighted by Crippen LogP contribution is 2.33. The fourth-order valence-electron chi connectivity index (χ4n) is 3.31. The molecular weight excluding hydrogens is 234 g/mol. The Labute approximate surface area is 117 Å². The predicted molar refractivity (Wildman–Crippen MR) is 80.1 cm³/mol. The highest BCUT2D eigenvalue weighted by molar-refractivity contribution is 5.12. The van der Waals surface area contributed by atoms with Crippen molar-refractivity contribution in [2.75, 3.05) is 6.54 Å². The first-order valence-corrected chi connectivity index (χ1v) is 8.10. The smallest absolute Gasteiger partial charge is 0.0537 e. The van der Waals surface area contributed by atoms with Crippen LogP contribution in [0.2, 0.25) is 0 Å². The minimum atomic E-state index is 0.508. The van der Waals surface area contributed by atoms with Gasteiger partial charge in [-0.15, -0.1) is 0 Å². The van der Waals surface area contributed by atoms with Gasteiger partial charge in [0.15, 0.2) is 0 Å².